The molecule has 144 valence electrons. The first-order chi connectivity index (χ1) is 12.1. The molecule has 2 unspecified atom stereocenters. The SMILES string of the molecule is C=C1[C@@H](O)C23[C@H](O)[C@H]1CC[C@H]2[C@]12CCCC(C)(C)C1[C@H](O)[C@@]3(O)OC2=O. The summed E-state index contributed by atoms with van der Waals surface area (Å²) in [7, 11) is 0. The molecule has 2 spiro atoms. The molecular formula is C20H28O6. The van der Waals surface area contributed by atoms with E-state index in [0.717, 1.165) is 12.8 Å². The summed E-state index contributed by atoms with van der Waals surface area (Å²) in [6.45, 7) is 8.01. The van der Waals surface area contributed by atoms with Crippen LogP contribution in [0.15, 0.2) is 12.2 Å². The van der Waals surface area contributed by atoms with E-state index in [-0.39, 0.29) is 11.3 Å². The molecule has 4 aliphatic carbocycles. The molecule has 2 saturated heterocycles. The predicted octanol–water partition coefficient (Wildman–Crippen LogP) is 0.723. The summed E-state index contributed by atoms with van der Waals surface area (Å²) in [5, 5.41) is 45.2. The number of esters is 1. The average molecular weight is 364 g/mol. The zero-order valence-electron chi connectivity index (χ0n) is 15.3. The minimum absolute atomic E-state index is 0.345. The summed E-state index contributed by atoms with van der Waals surface area (Å²) in [4.78, 5) is 13.2. The van der Waals surface area contributed by atoms with Crippen LogP contribution in [0, 0.1) is 34.0 Å². The second kappa shape index (κ2) is 4.54. The molecule has 6 aliphatic rings. The minimum atomic E-state index is -2.30. The van der Waals surface area contributed by atoms with E-state index in [9.17, 15) is 25.2 Å². The van der Waals surface area contributed by atoms with Gasteiger partial charge in [0.15, 0.2) is 0 Å². The third kappa shape index (κ3) is 1.38. The molecule has 6 rings (SSSR count). The predicted molar refractivity (Wildman–Crippen MR) is 90.4 cm³/mol. The fraction of sp³-hybridized carbons (Fsp3) is 0.850. The fourth-order valence-electron chi connectivity index (χ4n) is 8.06. The Hall–Kier alpha value is -0.950. The Kier molecular flexibility index (Phi) is 3.00. The van der Waals surface area contributed by atoms with E-state index in [2.05, 4.69) is 6.58 Å². The summed E-state index contributed by atoms with van der Waals surface area (Å²) in [5.41, 5.74) is -2.35. The number of fused-ring (bicyclic) bond motifs is 2. The maximum absolute atomic E-state index is 13.2. The maximum atomic E-state index is 13.2. The molecule has 6 nitrogen and oxygen atoms in total. The van der Waals surface area contributed by atoms with Gasteiger partial charge in [-0.3, -0.25) is 4.79 Å². The molecule has 0 radical (unpaired) electrons. The Labute approximate surface area is 152 Å². The molecule has 4 bridgehead atoms. The van der Waals surface area contributed by atoms with Gasteiger partial charge in [-0.1, -0.05) is 26.8 Å². The number of hydrogen-bond acceptors (Lipinski definition) is 6. The Balaban J connectivity index is 1.82. The van der Waals surface area contributed by atoms with E-state index < -0.39 is 52.7 Å². The monoisotopic (exact) mass is 364 g/mol. The first-order valence-electron chi connectivity index (χ1n) is 9.75. The van der Waals surface area contributed by atoms with Crippen LogP contribution in [0.5, 0.6) is 0 Å². The van der Waals surface area contributed by atoms with Crippen molar-refractivity contribution >= 4 is 5.97 Å². The van der Waals surface area contributed by atoms with Crippen LogP contribution in [-0.2, 0) is 9.53 Å². The van der Waals surface area contributed by atoms with Gasteiger partial charge in [-0.2, -0.15) is 0 Å². The van der Waals surface area contributed by atoms with Crippen LogP contribution in [0.2, 0.25) is 0 Å². The molecule has 0 aromatic carbocycles. The number of hydrogen-bond donors (Lipinski definition) is 4. The normalized spacial score (nSPS) is 59.6. The molecule has 4 N–H and O–H groups in total. The molecule has 26 heavy (non-hydrogen) atoms. The Morgan fingerprint density at radius 3 is 2.50 bits per heavy atom. The van der Waals surface area contributed by atoms with Gasteiger partial charge in [-0.25, -0.2) is 0 Å². The van der Waals surface area contributed by atoms with Gasteiger partial charge in [0.1, 0.15) is 6.10 Å². The molecule has 0 aromatic heterocycles. The van der Waals surface area contributed by atoms with Gasteiger partial charge in [-0.05, 0) is 42.6 Å². The topological polar surface area (TPSA) is 107 Å². The molecule has 0 aromatic rings. The second-order valence-electron chi connectivity index (χ2n) is 9.98. The van der Waals surface area contributed by atoms with Gasteiger partial charge in [0, 0.05) is 11.8 Å². The minimum Gasteiger partial charge on any atom is -0.429 e. The van der Waals surface area contributed by atoms with Crippen molar-refractivity contribution in [3.63, 3.8) is 0 Å². The molecule has 6 fully saturated rings. The van der Waals surface area contributed by atoms with Crippen molar-refractivity contribution in [3.8, 4) is 0 Å². The highest BCUT2D eigenvalue weighted by molar-refractivity contribution is 5.82. The highest BCUT2D eigenvalue weighted by Crippen LogP contribution is 2.77. The van der Waals surface area contributed by atoms with Crippen molar-refractivity contribution in [1.82, 2.24) is 0 Å². The number of ether oxygens (including phenoxy) is 1. The quantitative estimate of drug-likeness (QED) is 0.373. The maximum Gasteiger partial charge on any atom is 0.315 e. The fourth-order valence-corrected chi connectivity index (χ4v) is 8.06. The highest BCUT2D eigenvalue weighted by Gasteiger charge is 2.88. The first kappa shape index (κ1) is 17.2. The van der Waals surface area contributed by atoms with Crippen LogP contribution >= 0.6 is 0 Å². The van der Waals surface area contributed by atoms with Crippen molar-refractivity contribution in [1.29, 1.82) is 0 Å². The van der Waals surface area contributed by atoms with Crippen LogP contribution in [-0.4, -0.2) is 50.5 Å². The molecule has 4 saturated carbocycles. The molecule has 6 heteroatoms. The summed E-state index contributed by atoms with van der Waals surface area (Å²) in [6, 6.07) is 0. The van der Waals surface area contributed by atoms with Crippen molar-refractivity contribution in [2.24, 2.45) is 34.0 Å². The van der Waals surface area contributed by atoms with Gasteiger partial charge in [-0.15, -0.1) is 0 Å². The number of carbonyl (C=O) groups excluding carboxylic acids is 1. The zero-order chi connectivity index (χ0) is 18.9. The number of rotatable bonds is 0. The molecular weight excluding hydrogens is 336 g/mol. The van der Waals surface area contributed by atoms with E-state index in [4.69, 9.17) is 4.74 Å². The Bertz CT molecular complexity index is 717. The van der Waals surface area contributed by atoms with Crippen LogP contribution in [0.3, 0.4) is 0 Å². The molecule has 2 heterocycles. The van der Waals surface area contributed by atoms with Gasteiger partial charge < -0.3 is 25.2 Å². The Morgan fingerprint density at radius 1 is 1.12 bits per heavy atom. The van der Waals surface area contributed by atoms with Crippen molar-refractivity contribution in [2.45, 2.75) is 70.1 Å². The van der Waals surface area contributed by atoms with Crippen molar-refractivity contribution in [3.05, 3.63) is 12.2 Å². The van der Waals surface area contributed by atoms with E-state index in [1.807, 2.05) is 13.8 Å². The van der Waals surface area contributed by atoms with Gasteiger partial charge in [0.05, 0.1) is 23.0 Å². The van der Waals surface area contributed by atoms with Crippen LogP contribution < -0.4 is 0 Å². The molecule has 0 amide bonds. The highest BCUT2D eigenvalue weighted by atomic mass is 16.7. The lowest BCUT2D eigenvalue weighted by Gasteiger charge is -2.73. The summed E-state index contributed by atoms with van der Waals surface area (Å²) >= 11 is 0. The largest absolute Gasteiger partial charge is 0.429 e. The lowest BCUT2D eigenvalue weighted by atomic mass is 9.36. The number of carbonyl (C=O) groups is 1. The van der Waals surface area contributed by atoms with E-state index in [0.29, 0.717) is 24.8 Å². The number of aliphatic hydroxyl groups is 4. The summed E-state index contributed by atoms with van der Waals surface area (Å²) in [5.74, 6) is -4.02. The summed E-state index contributed by atoms with van der Waals surface area (Å²) in [6.07, 6.45) is -0.194. The lowest BCUT2D eigenvalue weighted by Crippen LogP contribution is -2.85. The van der Waals surface area contributed by atoms with Gasteiger partial charge in [0.2, 0.25) is 5.79 Å². The lowest BCUT2D eigenvalue weighted by molar-refractivity contribution is -0.434. The van der Waals surface area contributed by atoms with Gasteiger partial charge >= 0.3 is 5.97 Å². The van der Waals surface area contributed by atoms with Crippen LogP contribution in [0.1, 0.15) is 46.0 Å². The summed E-state index contributed by atoms with van der Waals surface area (Å²) < 4.78 is 5.52. The second-order valence-corrected chi connectivity index (χ2v) is 9.98. The Morgan fingerprint density at radius 2 is 1.81 bits per heavy atom. The van der Waals surface area contributed by atoms with Crippen molar-refractivity contribution in [2.75, 3.05) is 0 Å². The van der Waals surface area contributed by atoms with Crippen LogP contribution in [0.25, 0.3) is 0 Å². The smallest absolute Gasteiger partial charge is 0.315 e. The average Bonchev–Trinajstić information content (AvgIpc) is 2.66. The van der Waals surface area contributed by atoms with Crippen LogP contribution in [0.4, 0.5) is 0 Å². The van der Waals surface area contributed by atoms with Gasteiger partial charge in [0.25, 0.3) is 0 Å². The van der Waals surface area contributed by atoms with E-state index >= 15 is 0 Å². The third-order valence-corrected chi connectivity index (χ3v) is 8.89. The zero-order valence-corrected chi connectivity index (χ0v) is 15.3. The van der Waals surface area contributed by atoms with E-state index in [1.165, 1.54) is 0 Å². The molecule has 9 atom stereocenters. The third-order valence-electron chi connectivity index (χ3n) is 8.89. The standard InChI is InChI=1S/C20H28O6/c1-9-10-5-6-11-18-8-4-7-17(2,3)12(18)15(23)20(25,26-16(18)24)19(11,13(9)21)14(10)22/h10-15,21-23,25H,1,4-8H2,2-3H3/t10-,11-,12?,13+,14+,15-,18+,19?,20+/m0/s1. The van der Waals surface area contributed by atoms with Crippen molar-refractivity contribution < 1.29 is 30.0 Å². The first-order valence-corrected chi connectivity index (χ1v) is 9.75. The molecule has 2 aliphatic heterocycles. The number of aliphatic hydroxyl groups excluding tert-OH is 3. The van der Waals surface area contributed by atoms with E-state index in [1.54, 1.807) is 0 Å².